The Morgan fingerprint density at radius 3 is 3.11 bits per heavy atom. The normalized spacial score (nSPS) is 19.7. The van der Waals surface area contributed by atoms with Gasteiger partial charge in [0.1, 0.15) is 12.1 Å². The lowest BCUT2D eigenvalue weighted by molar-refractivity contribution is -0.119. The highest BCUT2D eigenvalue weighted by Crippen LogP contribution is 2.21. The zero-order valence-electron chi connectivity index (χ0n) is 11.0. The molecule has 0 bridgehead atoms. The topological polar surface area (TPSA) is 58.1 Å². The first-order valence-corrected chi connectivity index (χ1v) is 6.43. The summed E-state index contributed by atoms with van der Waals surface area (Å²) in [4.78, 5) is 21.7. The van der Waals surface area contributed by atoms with Crippen LogP contribution in [0.3, 0.4) is 0 Å². The van der Waals surface area contributed by atoms with Crippen LogP contribution in [0.5, 0.6) is 0 Å². The lowest BCUT2D eigenvalue weighted by atomic mass is 9.98. The van der Waals surface area contributed by atoms with Crippen molar-refractivity contribution in [3.8, 4) is 0 Å². The summed E-state index contributed by atoms with van der Waals surface area (Å²) in [5, 5.41) is 2.90. The molecule has 0 radical (unpaired) electrons. The lowest BCUT2D eigenvalue weighted by Gasteiger charge is -2.33. The summed E-state index contributed by atoms with van der Waals surface area (Å²) in [5.74, 6) is 1.55. The molecule has 2 heterocycles. The van der Waals surface area contributed by atoms with Crippen molar-refractivity contribution in [2.75, 3.05) is 24.5 Å². The van der Waals surface area contributed by atoms with Gasteiger partial charge in [0.2, 0.25) is 5.91 Å². The molecule has 0 spiro atoms. The van der Waals surface area contributed by atoms with Gasteiger partial charge in [-0.3, -0.25) is 4.79 Å². The zero-order valence-corrected chi connectivity index (χ0v) is 11.0. The number of nitrogens with one attached hydrogen (secondary N) is 1. The van der Waals surface area contributed by atoms with Crippen LogP contribution < -0.4 is 10.2 Å². The maximum atomic E-state index is 10.9. The van der Waals surface area contributed by atoms with Crippen molar-refractivity contribution in [2.24, 2.45) is 5.92 Å². The fraction of sp³-hybridized carbons (Fsp3) is 0.615. The highest BCUT2D eigenvalue weighted by molar-refractivity contribution is 5.72. The average molecular weight is 248 g/mol. The summed E-state index contributed by atoms with van der Waals surface area (Å²) in [6.45, 7) is 6.29. The van der Waals surface area contributed by atoms with Gasteiger partial charge in [-0.2, -0.15) is 0 Å². The van der Waals surface area contributed by atoms with Crippen LogP contribution in [-0.4, -0.2) is 35.5 Å². The summed E-state index contributed by atoms with van der Waals surface area (Å²) >= 11 is 0. The van der Waals surface area contributed by atoms with E-state index in [1.54, 1.807) is 13.3 Å². The van der Waals surface area contributed by atoms with Crippen molar-refractivity contribution in [3.05, 3.63) is 18.1 Å². The first kappa shape index (κ1) is 12.8. The predicted octanol–water partition coefficient (Wildman–Crippen LogP) is 1.14. The number of nitrogens with zero attached hydrogens (tertiary/aromatic N) is 3. The number of carbonyl (C=O) groups is 1. The van der Waals surface area contributed by atoms with Crippen LogP contribution >= 0.6 is 0 Å². The quantitative estimate of drug-likeness (QED) is 0.871. The summed E-state index contributed by atoms with van der Waals surface area (Å²) in [5.41, 5.74) is 0.990. The van der Waals surface area contributed by atoms with Gasteiger partial charge in [0.25, 0.3) is 0 Å². The molecule has 1 N–H and O–H groups in total. The Balaban J connectivity index is 1.96. The molecule has 1 aliphatic heterocycles. The second kappa shape index (κ2) is 5.80. The molecule has 5 nitrogen and oxygen atoms in total. The number of anilines is 1. The summed E-state index contributed by atoms with van der Waals surface area (Å²) < 4.78 is 0. The van der Waals surface area contributed by atoms with Gasteiger partial charge >= 0.3 is 0 Å². The van der Waals surface area contributed by atoms with Crippen molar-refractivity contribution in [2.45, 2.75) is 26.7 Å². The monoisotopic (exact) mass is 248 g/mol. The molecule has 1 fully saturated rings. The molecule has 1 aliphatic rings. The van der Waals surface area contributed by atoms with E-state index in [-0.39, 0.29) is 5.91 Å². The van der Waals surface area contributed by atoms with E-state index < -0.39 is 0 Å². The third-order valence-corrected chi connectivity index (χ3v) is 3.27. The van der Waals surface area contributed by atoms with E-state index >= 15 is 0 Å². The Bertz CT molecular complexity index is 421. The van der Waals surface area contributed by atoms with Gasteiger partial charge in [0.05, 0.1) is 0 Å². The molecular weight excluding hydrogens is 228 g/mol. The van der Waals surface area contributed by atoms with E-state index in [0.717, 1.165) is 37.6 Å². The van der Waals surface area contributed by atoms with Crippen molar-refractivity contribution < 1.29 is 4.79 Å². The molecule has 1 amide bonds. The first-order valence-electron chi connectivity index (χ1n) is 6.43. The third-order valence-electron chi connectivity index (χ3n) is 3.27. The standard InChI is InChI=1S/C13H20N4O/c1-10-6-13(16-9-15-10)17-5-3-4-12(8-17)7-14-11(2)18/h6,9,12H,3-5,7-8H2,1-2H3,(H,14,18). The summed E-state index contributed by atoms with van der Waals surface area (Å²) in [6.07, 6.45) is 3.93. The number of aromatic nitrogens is 2. The largest absolute Gasteiger partial charge is 0.356 e. The van der Waals surface area contributed by atoms with Crippen LogP contribution in [0.4, 0.5) is 5.82 Å². The van der Waals surface area contributed by atoms with Gasteiger partial charge in [0, 0.05) is 38.3 Å². The number of carbonyl (C=O) groups excluding carboxylic acids is 1. The molecule has 1 atom stereocenters. The Morgan fingerprint density at radius 2 is 2.39 bits per heavy atom. The number of hydrogen-bond donors (Lipinski definition) is 1. The van der Waals surface area contributed by atoms with Crippen LogP contribution in [0, 0.1) is 12.8 Å². The molecule has 18 heavy (non-hydrogen) atoms. The molecule has 5 heteroatoms. The number of rotatable bonds is 3. The minimum atomic E-state index is 0.0463. The molecule has 2 rings (SSSR count). The zero-order chi connectivity index (χ0) is 13.0. The molecule has 0 saturated carbocycles. The highest BCUT2D eigenvalue weighted by Gasteiger charge is 2.21. The Hall–Kier alpha value is -1.65. The number of aryl methyl sites for hydroxylation is 1. The lowest BCUT2D eigenvalue weighted by Crippen LogP contribution is -2.41. The second-order valence-electron chi connectivity index (χ2n) is 4.91. The van der Waals surface area contributed by atoms with Gasteiger partial charge in [-0.25, -0.2) is 9.97 Å². The molecule has 1 unspecified atom stereocenters. The van der Waals surface area contributed by atoms with Crippen molar-refractivity contribution >= 4 is 11.7 Å². The van der Waals surface area contributed by atoms with Crippen molar-refractivity contribution in [1.82, 2.24) is 15.3 Å². The van der Waals surface area contributed by atoms with Crippen LogP contribution in [0.25, 0.3) is 0 Å². The third kappa shape index (κ3) is 3.42. The summed E-state index contributed by atoms with van der Waals surface area (Å²) in [7, 11) is 0. The van der Waals surface area contributed by atoms with Gasteiger partial charge in [-0.1, -0.05) is 0 Å². The molecule has 0 aromatic carbocycles. The Kier molecular flexibility index (Phi) is 4.12. The predicted molar refractivity (Wildman–Crippen MR) is 70.4 cm³/mol. The smallest absolute Gasteiger partial charge is 0.216 e. The minimum Gasteiger partial charge on any atom is -0.356 e. The molecule has 0 aliphatic carbocycles. The Labute approximate surface area is 108 Å². The van der Waals surface area contributed by atoms with E-state index in [4.69, 9.17) is 0 Å². The SMILES string of the molecule is CC(=O)NCC1CCCN(c2cc(C)ncn2)C1. The van der Waals surface area contributed by atoms with Crippen LogP contribution in [0.1, 0.15) is 25.5 Å². The van der Waals surface area contributed by atoms with Crippen molar-refractivity contribution in [3.63, 3.8) is 0 Å². The molecule has 1 aromatic heterocycles. The fourth-order valence-electron chi connectivity index (χ4n) is 2.34. The van der Waals surface area contributed by atoms with Crippen LogP contribution in [0.15, 0.2) is 12.4 Å². The van der Waals surface area contributed by atoms with E-state index in [0.29, 0.717) is 5.92 Å². The molecule has 1 saturated heterocycles. The van der Waals surface area contributed by atoms with Gasteiger partial charge in [-0.15, -0.1) is 0 Å². The van der Waals surface area contributed by atoms with E-state index in [1.165, 1.54) is 6.42 Å². The summed E-state index contributed by atoms with van der Waals surface area (Å²) in [6, 6.07) is 2.01. The van der Waals surface area contributed by atoms with Gasteiger partial charge in [-0.05, 0) is 25.7 Å². The molecule has 98 valence electrons. The Morgan fingerprint density at radius 1 is 1.56 bits per heavy atom. The number of amides is 1. The number of hydrogen-bond acceptors (Lipinski definition) is 4. The van der Waals surface area contributed by atoms with Gasteiger partial charge < -0.3 is 10.2 Å². The highest BCUT2D eigenvalue weighted by atomic mass is 16.1. The minimum absolute atomic E-state index is 0.0463. The van der Waals surface area contributed by atoms with E-state index in [2.05, 4.69) is 20.2 Å². The molecular formula is C13H20N4O. The first-order chi connectivity index (χ1) is 8.65. The van der Waals surface area contributed by atoms with Crippen LogP contribution in [-0.2, 0) is 4.79 Å². The van der Waals surface area contributed by atoms with Crippen LogP contribution in [0.2, 0.25) is 0 Å². The van der Waals surface area contributed by atoms with Crippen molar-refractivity contribution in [1.29, 1.82) is 0 Å². The maximum absolute atomic E-state index is 10.9. The molecule has 1 aromatic rings. The average Bonchev–Trinajstić information content (AvgIpc) is 2.37. The van der Waals surface area contributed by atoms with E-state index in [9.17, 15) is 4.79 Å². The second-order valence-corrected chi connectivity index (χ2v) is 4.91. The number of piperidine rings is 1. The van der Waals surface area contributed by atoms with Gasteiger partial charge in [0.15, 0.2) is 0 Å². The maximum Gasteiger partial charge on any atom is 0.216 e. The fourth-order valence-corrected chi connectivity index (χ4v) is 2.34. The van der Waals surface area contributed by atoms with E-state index in [1.807, 2.05) is 13.0 Å².